The van der Waals surface area contributed by atoms with E-state index < -0.39 is 0 Å². The molecule has 1 N–H and O–H groups in total. The summed E-state index contributed by atoms with van der Waals surface area (Å²) < 4.78 is 1.66. The first kappa shape index (κ1) is 23.1. The fourth-order valence-corrected chi connectivity index (χ4v) is 4.52. The van der Waals surface area contributed by atoms with Crippen LogP contribution >= 0.6 is 11.8 Å². The van der Waals surface area contributed by atoms with Crippen molar-refractivity contribution in [2.45, 2.75) is 70.0 Å². The first-order valence-corrected chi connectivity index (χ1v) is 12.1. The molecular weight excluding hydrogens is 408 g/mol. The molecule has 1 aliphatic rings. The van der Waals surface area contributed by atoms with Gasteiger partial charge >= 0.3 is 0 Å². The molecule has 164 valence electrons. The SMILES string of the molecule is CCCCCn1c(SCC#N)nc2cc(C(=O)NCCC3=CCCCC3)ccc2c1=O. The minimum Gasteiger partial charge on any atom is -0.352 e. The van der Waals surface area contributed by atoms with E-state index in [2.05, 4.69) is 29.4 Å². The molecule has 1 aromatic carbocycles. The Kier molecular flexibility index (Phi) is 8.72. The van der Waals surface area contributed by atoms with Crippen LogP contribution < -0.4 is 10.9 Å². The Morgan fingerprint density at radius 1 is 1.32 bits per heavy atom. The number of benzene rings is 1. The zero-order chi connectivity index (χ0) is 22.1. The molecule has 0 spiro atoms. The van der Waals surface area contributed by atoms with E-state index >= 15 is 0 Å². The van der Waals surface area contributed by atoms with E-state index in [1.165, 1.54) is 30.2 Å². The molecule has 1 amide bonds. The lowest BCUT2D eigenvalue weighted by molar-refractivity contribution is 0.0954. The van der Waals surface area contributed by atoms with E-state index in [0.29, 0.717) is 34.7 Å². The highest BCUT2D eigenvalue weighted by molar-refractivity contribution is 7.99. The van der Waals surface area contributed by atoms with Crippen molar-refractivity contribution in [1.29, 1.82) is 5.26 Å². The Morgan fingerprint density at radius 2 is 2.19 bits per heavy atom. The number of thioether (sulfide) groups is 1. The molecule has 0 radical (unpaired) electrons. The lowest BCUT2D eigenvalue weighted by Crippen LogP contribution is -2.26. The predicted octanol–water partition coefficient (Wildman–Crippen LogP) is 4.82. The summed E-state index contributed by atoms with van der Waals surface area (Å²) in [7, 11) is 0. The van der Waals surface area contributed by atoms with Crippen LogP contribution in [0.2, 0.25) is 0 Å². The number of amides is 1. The minimum atomic E-state index is -0.154. The third-order valence-corrected chi connectivity index (χ3v) is 6.39. The van der Waals surface area contributed by atoms with Crippen LogP contribution in [0.3, 0.4) is 0 Å². The van der Waals surface area contributed by atoms with Crippen LogP contribution in [0, 0.1) is 11.3 Å². The number of carbonyl (C=O) groups is 1. The molecule has 2 aromatic rings. The van der Waals surface area contributed by atoms with E-state index in [-0.39, 0.29) is 17.2 Å². The molecular formula is C24H30N4O2S. The molecule has 7 heteroatoms. The quantitative estimate of drug-likeness (QED) is 0.249. The molecule has 0 saturated carbocycles. The minimum absolute atomic E-state index is 0.113. The summed E-state index contributed by atoms with van der Waals surface area (Å²) in [5.41, 5.74) is 2.31. The Labute approximate surface area is 187 Å². The van der Waals surface area contributed by atoms with Gasteiger partial charge in [-0.25, -0.2) is 4.98 Å². The summed E-state index contributed by atoms with van der Waals surface area (Å²) in [5, 5.41) is 13.0. The molecule has 1 aliphatic carbocycles. The van der Waals surface area contributed by atoms with Gasteiger partial charge in [0.1, 0.15) is 0 Å². The highest BCUT2D eigenvalue weighted by atomic mass is 32.2. The number of aromatic nitrogens is 2. The monoisotopic (exact) mass is 438 g/mol. The lowest BCUT2D eigenvalue weighted by Gasteiger charge is -2.14. The maximum Gasteiger partial charge on any atom is 0.262 e. The smallest absolute Gasteiger partial charge is 0.262 e. The van der Waals surface area contributed by atoms with Crippen LogP contribution in [-0.2, 0) is 6.54 Å². The summed E-state index contributed by atoms with van der Waals surface area (Å²) in [6, 6.07) is 7.16. The maximum atomic E-state index is 13.1. The normalized spacial score (nSPS) is 13.6. The van der Waals surface area contributed by atoms with Gasteiger partial charge in [-0.3, -0.25) is 14.2 Å². The van der Waals surface area contributed by atoms with Gasteiger partial charge in [-0.15, -0.1) is 0 Å². The van der Waals surface area contributed by atoms with E-state index in [1.54, 1.807) is 22.8 Å². The van der Waals surface area contributed by atoms with Crippen molar-refractivity contribution in [2.75, 3.05) is 12.3 Å². The van der Waals surface area contributed by atoms with Gasteiger partial charge in [0, 0.05) is 18.7 Å². The number of fused-ring (bicyclic) bond motifs is 1. The van der Waals surface area contributed by atoms with Crippen molar-refractivity contribution in [3.63, 3.8) is 0 Å². The summed E-state index contributed by atoms with van der Waals surface area (Å²) in [6.07, 6.45) is 10.9. The van der Waals surface area contributed by atoms with Gasteiger partial charge in [0.15, 0.2) is 5.16 Å². The van der Waals surface area contributed by atoms with Crippen LogP contribution in [0.4, 0.5) is 0 Å². The first-order valence-electron chi connectivity index (χ1n) is 11.1. The Morgan fingerprint density at radius 3 is 2.94 bits per heavy atom. The van der Waals surface area contributed by atoms with Gasteiger partial charge in [-0.2, -0.15) is 5.26 Å². The molecule has 0 bridgehead atoms. The fraction of sp³-hybridized carbons (Fsp3) is 0.500. The Balaban J connectivity index is 1.78. The molecule has 0 aliphatic heterocycles. The number of allylic oxidation sites excluding steroid dienone is 1. The Bertz CT molecular complexity index is 1050. The van der Waals surface area contributed by atoms with E-state index in [4.69, 9.17) is 5.26 Å². The van der Waals surface area contributed by atoms with E-state index in [1.807, 2.05) is 0 Å². The molecule has 1 aromatic heterocycles. The standard InChI is InChI=1S/C24H30N4O2S/c1-2-3-7-15-28-23(30)20-11-10-19(17-21(20)27-24(28)31-16-13-25)22(29)26-14-12-18-8-5-4-6-9-18/h8,10-11,17H,2-7,9,12,14-16H2,1H3,(H,26,29). The summed E-state index contributed by atoms with van der Waals surface area (Å²) >= 11 is 1.26. The van der Waals surface area contributed by atoms with Crippen molar-refractivity contribution in [3.05, 3.63) is 45.8 Å². The Hall–Kier alpha value is -2.59. The van der Waals surface area contributed by atoms with Gasteiger partial charge in [-0.05, 0) is 56.7 Å². The predicted molar refractivity (Wildman–Crippen MR) is 125 cm³/mol. The highest BCUT2D eigenvalue weighted by Crippen LogP contribution is 2.21. The zero-order valence-electron chi connectivity index (χ0n) is 18.2. The number of hydrogen-bond donors (Lipinski definition) is 1. The maximum absolute atomic E-state index is 13.1. The molecule has 0 atom stereocenters. The van der Waals surface area contributed by atoms with Crippen LogP contribution in [0.1, 0.15) is 68.6 Å². The van der Waals surface area contributed by atoms with Crippen molar-refractivity contribution in [1.82, 2.24) is 14.9 Å². The number of nitrogens with zero attached hydrogens (tertiary/aromatic N) is 3. The van der Waals surface area contributed by atoms with Crippen molar-refractivity contribution in [3.8, 4) is 6.07 Å². The molecule has 0 unspecified atom stereocenters. The van der Waals surface area contributed by atoms with Crippen molar-refractivity contribution < 1.29 is 4.79 Å². The number of hydrogen-bond acceptors (Lipinski definition) is 5. The summed E-state index contributed by atoms with van der Waals surface area (Å²) in [4.78, 5) is 30.3. The van der Waals surface area contributed by atoms with Gasteiger partial charge in [0.2, 0.25) is 0 Å². The van der Waals surface area contributed by atoms with Crippen LogP contribution in [0.5, 0.6) is 0 Å². The second-order valence-corrected chi connectivity index (χ2v) is 8.79. The third kappa shape index (κ3) is 6.20. The number of nitrogens with one attached hydrogen (secondary N) is 1. The topological polar surface area (TPSA) is 87.8 Å². The molecule has 6 nitrogen and oxygen atoms in total. The van der Waals surface area contributed by atoms with E-state index in [0.717, 1.165) is 38.5 Å². The van der Waals surface area contributed by atoms with Gasteiger partial charge in [0.25, 0.3) is 11.5 Å². The van der Waals surface area contributed by atoms with Gasteiger partial charge in [0.05, 0.1) is 22.7 Å². The second kappa shape index (κ2) is 11.7. The third-order valence-electron chi connectivity index (χ3n) is 5.55. The number of rotatable bonds is 10. The molecule has 3 rings (SSSR count). The van der Waals surface area contributed by atoms with Crippen molar-refractivity contribution in [2.24, 2.45) is 0 Å². The van der Waals surface area contributed by atoms with Gasteiger partial charge in [-0.1, -0.05) is 43.2 Å². The van der Waals surface area contributed by atoms with Crippen molar-refractivity contribution >= 4 is 28.6 Å². The van der Waals surface area contributed by atoms with Gasteiger partial charge < -0.3 is 5.32 Å². The summed E-state index contributed by atoms with van der Waals surface area (Å²) in [6.45, 7) is 3.31. The van der Waals surface area contributed by atoms with Crippen LogP contribution in [-0.4, -0.2) is 27.8 Å². The molecule has 1 heterocycles. The zero-order valence-corrected chi connectivity index (χ0v) is 19.0. The largest absolute Gasteiger partial charge is 0.352 e. The average molecular weight is 439 g/mol. The fourth-order valence-electron chi connectivity index (χ4n) is 3.84. The van der Waals surface area contributed by atoms with Crippen LogP contribution in [0.15, 0.2) is 39.8 Å². The lowest BCUT2D eigenvalue weighted by atomic mass is 9.97. The number of nitriles is 1. The highest BCUT2D eigenvalue weighted by Gasteiger charge is 2.14. The molecule has 0 fully saturated rings. The van der Waals surface area contributed by atoms with Crippen LogP contribution in [0.25, 0.3) is 10.9 Å². The average Bonchev–Trinajstić information content (AvgIpc) is 2.79. The van der Waals surface area contributed by atoms with E-state index in [9.17, 15) is 9.59 Å². The number of unbranched alkanes of at least 4 members (excludes halogenated alkanes) is 2. The number of carbonyl (C=O) groups excluding carboxylic acids is 1. The second-order valence-electron chi connectivity index (χ2n) is 7.85. The summed E-state index contributed by atoms with van der Waals surface area (Å²) in [5.74, 6) is 0.0698. The first-order chi connectivity index (χ1) is 15.1. The molecule has 0 saturated heterocycles. The molecule has 31 heavy (non-hydrogen) atoms.